The van der Waals surface area contributed by atoms with Gasteiger partial charge in [0.2, 0.25) is 0 Å². The lowest BCUT2D eigenvalue weighted by Gasteiger charge is -2.22. The first kappa shape index (κ1) is 15.0. The Kier molecular flexibility index (Phi) is 3.57. The molecule has 0 atom stereocenters. The molecule has 5 rings (SSSR count). The van der Waals surface area contributed by atoms with E-state index in [2.05, 4.69) is 84.9 Å². The van der Waals surface area contributed by atoms with Crippen molar-refractivity contribution in [2.24, 2.45) is 0 Å². The summed E-state index contributed by atoms with van der Waals surface area (Å²) in [6.45, 7) is 0. The minimum atomic E-state index is 0.895. The molecule has 1 nitrogen and oxygen atoms in total. The van der Waals surface area contributed by atoms with E-state index in [1.807, 2.05) is 12.1 Å². The van der Waals surface area contributed by atoms with Crippen LogP contribution in [0, 0.1) is 0 Å². The summed E-state index contributed by atoms with van der Waals surface area (Å²) in [5.41, 5.74) is 7.41. The Morgan fingerprint density at radius 1 is 0.462 bits per heavy atom. The van der Waals surface area contributed by atoms with Crippen LogP contribution in [-0.2, 0) is 6.42 Å². The largest absolute Gasteiger partial charge is 0.457 e. The van der Waals surface area contributed by atoms with Crippen LogP contribution in [0.5, 0.6) is 11.5 Å². The Balaban J connectivity index is 1.52. The molecule has 1 aliphatic rings. The average Bonchev–Trinajstić information content (AvgIpc) is 2.73. The van der Waals surface area contributed by atoms with Crippen LogP contribution < -0.4 is 4.74 Å². The zero-order valence-corrected chi connectivity index (χ0v) is 14.4. The first-order valence-corrected chi connectivity index (χ1v) is 8.91. The summed E-state index contributed by atoms with van der Waals surface area (Å²) in [4.78, 5) is 0. The van der Waals surface area contributed by atoms with Crippen molar-refractivity contribution < 1.29 is 4.74 Å². The molecule has 0 bridgehead atoms. The van der Waals surface area contributed by atoms with E-state index in [0.717, 1.165) is 17.9 Å². The molecule has 0 amide bonds. The molecular formula is C25H18O. The normalized spacial score (nSPS) is 12.0. The molecule has 0 spiro atoms. The predicted octanol–water partition coefficient (Wildman–Crippen LogP) is 6.72. The van der Waals surface area contributed by atoms with Crippen molar-refractivity contribution in [2.45, 2.75) is 6.42 Å². The highest BCUT2D eigenvalue weighted by molar-refractivity contribution is 5.69. The van der Waals surface area contributed by atoms with Crippen molar-refractivity contribution >= 4 is 0 Å². The number of ether oxygens (including phenoxy) is 1. The highest BCUT2D eigenvalue weighted by Crippen LogP contribution is 2.40. The van der Waals surface area contributed by atoms with Gasteiger partial charge in [0.1, 0.15) is 11.5 Å². The smallest absolute Gasteiger partial charge is 0.131 e. The van der Waals surface area contributed by atoms with Gasteiger partial charge in [0.05, 0.1) is 0 Å². The van der Waals surface area contributed by atoms with Crippen molar-refractivity contribution in [3.63, 3.8) is 0 Å². The van der Waals surface area contributed by atoms with Gasteiger partial charge in [-0.1, -0.05) is 72.8 Å². The van der Waals surface area contributed by atoms with Crippen LogP contribution >= 0.6 is 0 Å². The van der Waals surface area contributed by atoms with Gasteiger partial charge in [-0.25, -0.2) is 0 Å². The second-order valence-electron chi connectivity index (χ2n) is 6.66. The van der Waals surface area contributed by atoms with Crippen LogP contribution in [-0.4, -0.2) is 0 Å². The number of fused-ring (bicyclic) bond motifs is 2. The Bertz CT molecular complexity index is 979. The summed E-state index contributed by atoms with van der Waals surface area (Å²) in [7, 11) is 0. The molecule has 0 aromatic heterocycles. The molecule has 1 heteroatoms. The van der Waals surface area contributed by atoms with E-state index in [1.165, 1.54) is 33.4 Å². The Morgan fingerprint density at radius 2 is 0.923 bits per heavy atom. The van der Waals surface area contributed by atoms with Gasteiger partial charge < -0.3 is 4.74 Å². The molecule has 0 unspecified atom stereocenters. The van der Waals surface area contributed by atoms with Crippen LogP contribution in [0.1, 0.15) is 11.1 Å². The van der Waals surface area contributed by atoms with Gasteiger partial charge in [0, 0.05) is 6.42 Å². The number of rotatable bonds is 2. The van der Waals surface area contributed by atoms with E-state index in [1.54, 1.807) is 0 Å². The summed E-state index contributed by atoms with van der Waals surface area (Å²) >= 11 is 0. The van der Waals surface area contributed by atoms with Crippen LogP contribution in [0.4, 0.5) is 0 Å². The van der Waals surface area contributed by atoms with E-state index < -0.39 is 0 Å². The SMILES string of the molecule is c1ccc(-c2ccc3c(c2)Cc2cc(-c4ccccc4)ccc2O3)cc1. The van der Waals surface area contributed by atoms with E-state index in [0.29, 0.717) is 0 Å². The van der Waals surface area contributed by atoms with E-state index in [4.69, 9.17) is 4.74 Å². The molecule has 0 fully saturated rings. The molecule has 26 heavy (non-hydrogen) atoms. The topological polar surface area (TPSA) is 9.23 Å². The van der Waals surface area contributed by atoms with E-state index in [9.17, 15) is 0 Å². The Morgan fingerprint density at radius 3 is 1.38 bits per heavy atom. The third kappa shape index (κ3) is 2.68. The van der Waals surface area contributed by atoms with Crippen LogP contribution in [0.15, 0.2) is 97.1 Å². The predicted molar refractivity (Wildman–Crippen MR) is 107 cm³/mol. The van der Waals surface area contributed by atoms with Crippen molar-refractivity contribution in [3.8, 4) is 33.8 Å². The molecule has 0 radical (unpaired) electrons. The molecular weight excluding hydrogens is 316 g/mol. The fourth-order valence-corrected chi connectivity index (χ4v) is 3.58. The summed E-state index contributed by atoms with van der Waals surface area (Å²) in [5, 5.41) is 0. The van der Waals surface area contributed by atoms with Gasteiger partial charge in [-0.05, 0) is 57.6 Å². The van der Waals surface area contributed by atoms with Crippen LogP contribution in [0.2, 0.25) is 0 Å². The zero-order valence-electron chi connectivity index (χ0n) is 14.4. The highest BCUT2D eigenvalue weighted by Gasteiger charge is 2.18. The molecule has 124 valence electrons. The Hall–Kier alpha value is -3.32. The summed E-state index contributed by atoms with van der Waals surface area (Å²) in [5.74, 6) is 1.93. The molecule has 0 saturated carbocycles. The first-order valence-electron chi connectivity index (χ1n) is 8.91. The van der Waals surface area contributed by atoms with Gasteiger partial charge in [-0.3, -0.25) is 0 Å². The van der Waals surface area contributed by atoms with E-state index >= 15 is 0 Å². The van der Waals surface area contributed by atoms with Crippen molar-refractivity contribution in [3.05, 3.63) is 108 Å². The molecule has 4 aromatic rings. The molecule has 0 saturated heterocycles. The summed E-state index contributed by atoms with van der Waals surface area (Å²) in [6, 6.07) is 33.9. The fraction of sp³-hybridized carbons (Fsp3) is 0.0400. The monoisotopic (exact) mass is 334 g/mol. The third-order valence-electron chi connectivity index (χ3n) is 4.94. The zero-order chi connectivity index (χ0) is 17.3. The highest BCUT2D eigenvalue weighted by atomic mass is 16.5. The van der Waals surface area contributed by atoms with Gasteiger partial charge in [-0.15, -0.1) is 0 Å². The third-order valence-corrected chi connectivity index (χ3v) is 4.94. The maximum Gasteiger partial charge on any atom is 0.131 e. The second-order valence-corrected chi connectivity index (χ2v) is 6.66. The minimum Gasteiger partial charge on any atom is -0.457 e. The quantitative estimate of drug-likeness (QED) is 0.348. The van der Waals surface area contributed by atoms with Crippen molar-refractivity contribution in [2.75, 3.05) is 0 Å². The maximum absolute atomic E-state index is 6.16. The molecule has 4 aromatic carbocycles. The van der Waals surface area contributed by atoms with Gasteiger partial charge in [0.25, 0.3) is 0 Å². The fourth-order valence-electron chi connectivity index (χ4n) is 3.58. The number of hydrogen-bond donors (Lipinski definition) is 0. The molecule has 1 heterocycles. The van der Waals surface area contributed by atoms with Crippen LogP contribution in [0.25, 0.3) is 22.3 Å². The standard InChI is InChI=1S/C25H18O/c1-3-7-18(8-4-1)20-11-13-24-22(15-20)17-23-16-21(12-14-25(23)26-24)19-9-5-2-6-10-19/h1-16H,17H2. The van der Waals surface area contributed by atoms with Gasteiger partial charge in [0.15, 0.2) is 0 Å². The molecule has 0 aliphatic carbocycles. The van der Waals surface area contributed by atoms with Crippen LogP contribution in [0.3, 0.4) is 0 Å². The average molecular weight is 334 g/mol. The lowest BCUT2D eigenvalue weighted by atomic mass is 9.94. The second kappa shape index (κ2) is 6.20. The Labute approximate surface area is 153 Å². The van der Waals surface area contributed by atoms with Gasteiger partial charge >= 0.3 is 0 Å². The maximum atomic E-state index is 6.16. The lowest BCUT2D eigenvalue weighted by Crippen LogP contribution is -2.03. The number of benzene rings is 4. The van der Waals surface area contributed by atoms with Gasteiger partial charge in [-0.2, -0.15) is 0 Å². The summed E-state index contributed by atoms with van der Waals surface area (Å²) < 4.78 is 6.16. The minimum absolute atomic E-state index is 0.895. The first-order chi connectivity index (χ1) is 12.9. The van der Waals surface area contributed by atoms with Crippen molar-refractivity contribution in [1.29, 1.82) is 0 Å². The molecule has 1 aliphatic heterocycles. The number of hydrogen-bond acceptors (Lipinski definition) is 1. The van der Waals surface area contributed by atoms with E-state index in [-0.39, 0.29) is 0 Å². The van der Waals surface area contributed by atoms with Crippen molar-refractivity contribution in [1.82, 2.24) is 0 Å². The lowest BCUT2D eigenvalue weighted by molar-refractivity contribution is 0.460. The molecule has 0 N–H and O–H groups in total. The summed E-state index contributed by atoms with van der Waals surface area (Å²) in [6.07, 6.45) is 0.895.